The Labute approximate surface area is 166 Å². The van der Waals surface area contributed by atoms with Crippen LogP contribution in [-0.4, -0.2) is 47.3 Å². The van der Waals surface area contributed by atoms with Crippen molar-refractivity contribution in [3.63, 3.8) is 0 Å². The normalized spacial score (nSPS) is 16.8. The van der Waals surface area contributed by atoms with Gasteiger partial charge in [0.2, 0.25) is 0 Å². The Morgan fingerprint density at radius 3 is 2.97 bits per heavy atom. The first kappa shape index (κ1) is 18.9. The van der Waals surface area contributed by atoms with Gasteiger partial charge in [-0.3, -0.25) is 4.79 Å². The minimum Gasteiger partial charge on any atom is -0.494 e. The lowest BCUT2D eigenvalue weighted by atomic mass is 10.1. The Balaban J connectivity index is 1.90. The molecule has 1 aliphatic heterocycles. The summed E-state index contributed by atoms with van der Waals surface area (Å²) in [4.78, 5) is 17.3. The second-order valence-electron chi connectivity index (χ2n) is 6.73. The first-order valence-electron chi connectivity index (χ1n) is 9.08. The van der Waals surface area contributed by atoms with Gasteiger partial charge in [0.1, 0.15) is 28.8 Å². The number of nitrogens with one attached hydrogen (secondary N) is 3. The quantitative estimate of drug-likeness (QED) is 0.607. The van der Waals surface area contributed by atoms with E-state index in [4.69, 9.17) is 9.47 Å². The second-order valence-corrected chi connectivity index (χ2v) is 6.73. The maximum atomic E-state index is 14.4. The third-order valence-electron chi connectivity index (χ3n) is 4.61. The van der Waals surface area contributed by atoms with Crippen molar-refractivity contribution in [1.82, 2.24) is 19.9 Å². The number of anilines is 3. The van der Waals surface area contributed by atoms with E-state index in [9.17, 15) is 9.18 Å². The molecule has 0 saturated heterocycles. The van der Waals surface area contributed by atoms with Crippen LogP contribution < -0.4 is 20.7 Å². The Morgan fingerprint density at radius 2 is 2.21 bits per heavy atom. The summed E-state index contributed by atoms with van der Waals surface area (Å²) >= 11 is 0. The third kappa shape index (κ3) is 3.54. The van der Waals surface area contributed by atoms with Crippen molar-refractivity contribution >= 4 is 28.9 Å². The van der Waals surface area contributed by atoms with Gasteiger partial charge in [-0.2, -0.15) is 9.61 Å². The van der Waals surface area contributed by atoms with Crippen molar-refractivity contribution in [1.29, 1.82) is 0 Å². The van der Waals surface area contributed by atoms with Crippen LogP contribution in [0, 0.1) is 5.82 Å². The number of hydrogen-bond acceptors (Lipinski definition) is 7. The molecule has 0 radical (unpaired) electrons. The summed E-state index contributed by atoms with van der Waals surface area (Å²) in [6.45, 7) is 2.09. The number of hydrogen-bond donors (Lipinski definition) is 3. The maximum absolute atomic E-state index is 14.4. The largest absolute Gasteiger partial charge is 0.494 e. The summed E-state index contributed by atoms with van der Waals surface area (Å²) in [5.74, 6) is 0.640. The number of amides is 1. The Bertz CT molecular complexity index is 1080. The summed E-state index contributed by atoms with van der Waals surface area (Å²) in [5, 5.41) is 13.3. The van der Waals surface area contributed by atoms with Crippen molar-refractivity contribution in [3.05, 3.63) is 41.3 Å². The lowest BCUT2D eigenvalue weighted by Gasteiger charge is -2.17. The highest BCUT2D eigenvalue weighted by Crippen LogP contribution is 2.31. The molecule has 1 aliphatic rings. The summed E-state index contributed by atoms with van der Waals surface area (Å²) < 4.78 is 26.9. The predicted octanol–water partition coefficient (Wildman–Crippen LogP) is 2.31. The molecule has 4 bridgehead atoms. The van der Waals surface area contributed by atoms with Crippen LogP contribution in [0.3, 0.4) is 0 Å². The fourth-order valence-electron chi connectivity index (χ4n) is 3.17. The fourth-order valence-corrected chi connectivity index (χ4v) is 3.17. The van der Waals surface area contributed by atoms with Crippen molar-refractivity contribution in [2.45, 2.75) is 19.6 Å². The number of benzene rings is 1. The molecule has 29 heavy (non-hydrogen) atoms. The number of rotatable bonds is 2. The maximum Gasteiger partial charge on any atom is 0.257 e. The van der Waals surface area contributed by atoms with Crippen LogP contribution in [-0.2, 0) is 11.3 Å². The van der Waals surface area contributed by atoms with Crippen molar-refractivity contribution in [2.75, 3.05) is 31.4 Å². The summed E-state index contributed by atoms with van der Waals surface area (Å²) in [6, 6.07) is 4.38. The highest BCUT2D eigenvalue weighted by Gasteiger charge is 2.20. The van der Waals surface area contributed by atoms with E-state index in [1.807, 2.05) is 6.92 Å². The minimum atomic E-state index is -0.436. The molecule has 0 spiro atoms. The third-order valence-corrected chi connectivity index (χ3v) is 4.61. The predicted molar refractivity (Wildman–Crippen MR) is 105 cm³/mol. The van der Waals surface area contributed by atoms with E-state index in [-0.39, 0.29) is 25.2 Å². The molecule has 3 aromatic rings. The lowest BCUT2D eigenvalue weighted by molar-refractivity contribution is 0.0814. The van der Waals surface area contributed by atoms with Crippen LogP contribution in [0.1, 0.15) is 22.8 Å². The van der Waals surface area contributed by atoms with E-state index in [0.717, 1.165) is 0 Å². The molecule has 1 aromatic carbocycles. The van der Waals surface area contributed by atoms with E-state index in [1.54, 1.807) is 23.7 Å². The zero-order chi connectivity index (χ0) is 20.5. The molecule has 10 heteroatoms. The van der Waals surface area contributed by atoms with Crippen molar-refractivity contribution in [3.8, 4) is 5.75 Å². The van der Waals surface area contributed by atoms with Gasteiger partial charge in [-0.1, -0.05) is 0 Å². The average molecular weight is 400 g/mol. The van der Waals surface area contributed by atoms with E-state index in [2.05, 4.69) is 26.0 Å². The smallest absolute Gasteiger partial charge is 0.257 e. The van der Waals surface area contributed by atoms with Gasteiger partial charge in [0.15, 0.2) is 5.65 Å². The molecular weight excluding hydrogens is 379 g/mol. The van der Waals surface area contributed by atoms with Crippen LogP contribution in [0.25, 0.3) is 5.65 Å². The number of carbonyl (C=O) groups is 1. The monoisotopic (exact) mass is 400 g/mol. The fraction of sp³-hybridized carbons (Fsp3) is 0.316. The molecule has 0 fully saturated rings. The number of aromatic nitrogens is 3. The summed E-state index contributed by atoms with van der Waals surface area (Å²) in [5.41, 5.74) is 1.61. The number of carbonyl (C=O) groups excluding carboxylic acids is 1. The zero-order valence-electron chi connectivity index (χ0n) is 16.2. The standard InChI is InChI=1S/C19H21FN6O3/c1-10-8-29-9-11-4-14(15(28-3)5-13(11)20)24-16-6-17(21-2)26-18(25-16)12(7-22-26)19(27)23-10/h4-7,10,21H,8-9H2,1-3H3,(H,23,27)(H,24,25). The summed E-state index contributed by atoms with van der Waals surface area (Å²) in [6.07, 6.45) is 1.47. The van der Waals surface area contributed by atoms with Gasteiger partial charge in [-0.15, -0.1) is 0 Å². The molecule has 1 atom stereocenters. The number of ether oxygens (including phenoxy) is 2. The molecule has 3 heterocycles. The van der Waals surface area contributed by atoms with Crippen molar-refractivity contribution < 1.29 is 18.7 Å². The first-order valence-corrected chi connectivity index (χ1v) is 9.08. The Kier molecular flexibility index (Phi) is 4.93. The minimum absolute atomic E-state index is 0.0536. The highest BCUT2D eigenvalue weighted by atomic mass is 19.1. The van der Waals surface area contributed by atoms with E-state index in [0.29, 0.717) is 39.8 Å². The molecule has 0 saturated carbocycles. The van der Waals surface area contributed by atoms with Crippen LogP contribution in [0.5, 0.6) is 5.75 Å². The molecular formula is C19H21FN6O3. The first-order chi connectivity index (χ1) is 14.0. The molecule has 2 aromatic heterocycles. The number of fused-ring (bicyclic) bond motifs is 3. The van der Waals surface area contributed by atoms with Gasteiger partial charge in [0.25, 0.3) is 5.91 Å². The molecule has 0 aliphatic carbocycles. The Hall–Kier alpha value is -3.40. The van der Waals surface area contributed by atoms with Gasteiger partial charge in [-0.05, 0) is 13.0 Å². The number of methoxy groups -OCH3 is 1. The average Bonchev–Trinajstić information content (AvgIpc) is 3.12. The molecule has 1 amide bonds. The number of halogens is 1. The second kappa shape index (κ2) is 7.55. The molecule has 4 rings (SSSR count). The SMILES string of the molecule is CNc1cc2nc3c(cnn13)C(=O)NC(C)COCc1cc(c(OC)cc1F)N2. The lowest BCUT2D eigenvalue weighted by Crippen LogP contribution is -2.36. The van der Waals surface area contributed by atoms with Gasteiger partial charge in [-0.25, -0.2) is 9.37 Å². The highest BCUT2D eigenvalue weighted by molar-refractivity contribution is 6.00. The molecule has 9 nitrogen and oxygen atoms in total. The molecule has 152 valence electrons. The van der Waals surface area contributed by atoms with E-state index in [1.165, 1.54) is 19.4 Å². The Morgan fingerprint density at radius 1 is 1.38 bits per heavy atom. The molecule has 1 unspecified atom stereocenters. The van der Waals surface area contributed by atoms with Gasteiger partial charge >= 0.3 is 0 Å². The number of nitrogens with zero attached hydrogens (tertiary/aromatic N) is 3. The van der Waals surface area contributed by atoms with Crippen LogP contribution in [0.2, 0.25) is 0 Å². The van der Waals surface area contributed by atoms with Crippen molar-refractivity contribution in [2.24, 2.45) is 0 Å². The topological polar surface area (TPSA) is 102 Å². The van der Waals surface area contributed by atoms with E-state index < -0.39 is 5.82 Å². The van der Waals surface area contributed by atoms with Gasteiger partial charge in [0, 0.05) is 30.8 Å². The van der Waals surface area contributed by atoms with Crippen LogP contribution >= 0.6 is 0 Å². The zero-order valence-corrected chi connectivity index (χ0v) is 16.2. The van der Waals surface area contributed by atoms with Crippen LogP contribution in [0.4, 0.5) is 21.7 Å². The van der Waals surface area contributed by atoms with Crippen LogP contribution in [0.15, 0.2) is 24.4 Å². The molecule has 3 N–H and O–H groups in total. The van der Waals surface area contributed by atoms with Gasteiger partial charge in [0.05, 0.1) is 32.2 Å². The van der Waals surface area contributed by atoms with E-state index >= 15 is 0 Å². The summed E-state index contributed by atoms with van der Waals surface area (Å²) in [7, 11) is 3.21. The van der Waals surface area contributed by atoms with Gasteiger partial charge < -0.3 is 25.4 Å².